The van der Waals surface area contributed by atoms with E-state index in [0.29, 0.717) is 5.92 Å². The molecule has 1 N–H and O–H groups in total. The highest BCUT2D eigenvalue weighted by Gasteiger charge is 2.33. The van der Waals surface area contributed by atoms with Crippen molar-refractivity contribution >= 4 is 0 Å². The Morgan fingerprint density at radius 1 is 1.67 bits per heavy atom. The Morgan fingerprint density at radius 3 is 2.78 bits per heavy atom. The topological polar surface area (TPSA) is 20.2 Å². The van der Waals surface area contributed by atoms with Crippen LogP contribution in [0.15, 0.2) is 12.7 Å². The molecule has 1 heteroatoms. The number of hydrogen-bond acceptors (Lipinski definition) is 1. The number of unbranched alkanes of at least 4 members (excludes halogenated alkanes) is 1. The van der Waals surface area contributed by atoms with Crippen LogP contribution in [-0.4, -0.2) is 11.2 Å². The van der Waals surface area contributed by atoms with Crippen LogP contribution in [0.1, 0.15) is 25.7 Å². The van der Waals surface area contributed by atoms with Crippen molar-refractivity contribution in [3.63, 3.8) is 0 Å². The Kier molecular flexibility index (Phi) is 2.29. The van der Waals surface area contributed by atoms with Crippen molar-refractivity contribution in [3.8, 4) is 0 Å². The molecule has 1 fully saturated rings. The highest BCUT2D eigenvalue weighted by molar-refractivity contribution is 4.85. The van der Waals surface area contributed by atoms with Crippen LogP contribution >= 0.6 is 0 Å². The number of hydrogen-bond donors (Lipinski definition) is 1. The zero-order chi connectivity index (χ0) is 6.69. The number of aliphatic hydroxyl groups excluding tert-OH is 1. The molecule has 0 amide bonds. The summed E-state index contributed by atoms with van der Waals surface area (Å²) in [4.78, 5) is 0. The quantitative estimate of drug-likeness (QED) is 0.449. The van der Waals surface area contributed by atoms with Gasteiger partial charge in [-0.15, -0.1) is 6.58 Å². The molecule has 1 rings (SSSR count). The van der Waals surface area contributed by atoms with E-state index in [9.17, 15) is 0 Å². The summed E-state index contributed by atoms with van der Waals surface area (Å²) < 4.78 is 0. The molecule has 1 unspecified atom stereocenters. The van der Waals surface area contributed by atoms with Gasteiger partial charge in [0.1, 0.15) is 0 Å². The van der Waals surface area contributed by atoms with Gasteiger partial charge in [0.25, 0.3) is 0 Å². The van der Waals surface area contributed by atoms with Gasteiger partial charge in [-0.05, 0) is 31.6 Å². The Bertz CT molecular complexity index is 98.7. The maximum atomic E-state index is 8.90. The van der Waals surface area contributed by atoms with E-state index in [0.717, 1.165) is 12.8 Å². The lowest BCUT2D eigenvalue weighted by atomic mass is 10.2. The van der Waals surface area contributed by atoms with Crippen LogP contribution in [0.2, 0.25) is 0 Å². The molecular weight excluding hydrogens is 112 g/mol. The number of aliphatic hydroxyl groups is 1. The molecule has 0 saturated heterocycles. The fourth-order valence-corrected chi connectivity index (χ4v) is 1.07. The summed E-state index contributed by atoms with van der Waals surface area (Å²) >= 11 is 0. The van der Waals surface area contributed by atoms with Gasteiger partial charge >= 0.3 is 0 Å². The van der Waals surface area contributed by atoms with Crippen molar-refractivity contribution in [2.24, 2.45) is 5.92 Å². The van der Waals surface area contributed by atoms with Gasteiger partial charge in [0.2, 0.25) is 0 Å². The van der Waals surface area contributed by atoms with Crippen molar-refractivity contribution in [1.29, 1.82) is 0 Å². The Labute approximate surface area is 56.4 Å². The van der Waals surface area contributed by atoms with Crippen LogP contribution in [0.4, 0.5) is 0 Å². The first kappa shape index (κ1) is 6.81. The Morgan fingerprint density at radius 2 is 2.33 bits per heavy atom. The summed E-state index contributed by atoms with van der Waals surface area (Å²) in [6.07, 6.45) is 6.50. The lowest BCUT2D eigenvalue weighted by molar-refractivity contribution is 0.256. The lowest BCUT2D eigenvalue weighted by Gasteiger charge is -1.91. The Balaban J connectivity index is 1.88. The van der Waals surface area contributed by atoms with Crippen LogP contribution in [0.25, 0.3) is 0 Å². The molecule has 0 spiro atoms. The molecule has 1 aliphatic carbocycles. The molecule has 0 aromatic heterocycles. The van der Waals surface area contributed by atoms with Gasteiger partial charge in [-0.3, -0.25) is 0 Å². The average Bonchev–Trinajstić information content (AvgIpc) is 2.48. The van der Waals surface area contributed by atoms with Gasteiger partial charge in [0, 0.05) is 0 Å². The normalized spacial score (nSPS) is 32.1. The molecule has 0 aliphatic heterocycles. The summed E-state index contributed by atoms with van der Waals surface area (Å²) in [5.41, 5.74) is 0. The van der Waals surface area contributed by atoms with Crippen LogP contribution in [0, 0.1) is 5.92 Å². The molecule has 1 aliphatic rings. The number of allylic oxidation sites excluding steroid dienone is 1. The predicted octanol–water partition coefficient (Wildman–Crippen LogP) is 1.72. The predicted molar refractivity (Wildman–Crippen MR) is 38.2 cm³/mol. The second-order valence-corrected chi connectivity index (χ2v) is 2.78. The highest BCUT2D eigenvalue weighted by atomic mass is 16.3. The number of rotatable bonds is 4. The van der Waals surface area contributed by atoms with E-state index in [1.54, 1.807) is 0 Å². The molecule has 0 heterocycles. The van der Waals surface area contributed by atoms with Crippen LogP contribution in [-0.2, 0) is 0 Å². The summed E-state index contributed by atoms with van der Waals surface area (Å²) in [5.74, 6) is 0.630. The van der Waals surface area contributed by atoms with Crippen molar-refractivity contribution in [2.45, 2.75) is 31.8 Å². The lowest BCUT2D eigenvalue weighted by Crippen LogP contribution is -1.84. The maximum Gasteiger partial charge on any atom is 0.0573 e. The van der Waals surface area contributed by atoms with E-state index >= 15 is 0 Å². The van der Waals surface area contributed by atoms with Gasteiger partial charge in [-0.25, -0.2) is 0 Å². The van der Waals surface area contributed by atoms with E-state index in [1.165, 1.54) is 12.8 Å². The fourth-order valence-electron chi connectivity index (χ4n) is 1.07. The van der Waals surface area contributed by atoms with Gasteiger partial charge < -0.3 is 5.11 Å². The minimum Gasteiger partial charge on any atom is -0.393 e. The SMILES string of the molecule is C=CCCCC1C[C@H]1O. The van der Waals surface area contributed by atoms with E-state index < -0.39 is 0 Å². The summed E-state index contributed by atoms with van der Waals surface area (Å²) in [7, 11) is 0. The zero-order valence-corrected chi connectivity index (χ0v) is 5.71. The second-order valence-electron chi connectivity index (χ2n) is 2.78. The molecule has 1 saturated carbocycles. The van der Waals surface area contributed by atoms with Crippen LogP contribution in [0.3, 0.4) is 0 Å². The first-order chi connectivity index (χ1) is 4.34. The Hall–Kier alpha value is -0.300. The summed E-state index contributed by atoms with van der Waals surface area (Å²) in [6.45, 7) is 3.63. The third kappa shape index (κ3) is 2.19. The summed E-state index contributed by atoms with van der Waals surface area (Å²) in [5, 5.41) is 8.90. The first-order valence-electron chi connectivity index (χ1n) is 3.63. The summed E-state index contributed by atoms with van der Waals surface area (Å²) in [6, 6.07) is 0. The fraction of sp³-hybridized carbons (Fsp3) is 0.750. The van der Waals surface area contributed by atoms with Gasteiger partial charge in [-0.2, -0.15) is 0 Å². The standard InChI is InChI=1S/C8H14O/c1-2-3-4-5-7-6-8(7)9/h2,7-9H,1,3-6H2/t7?,8-/m1/s1. The molecule has 52 valence electrons. The molecule has 9 heavy (non-hydrogen) atoms. The second kappa shape index (κ2) is 3.02. The largest absolute Gasteiger partial charge is 0.393 e. The van der Waals surface area contributed by atoms with Crippen LogP contribution in [0.5, 0.6) is 0 Å². The van der Waals surface area contributed by atoms with Crippen LogP contribution < -0.4 is 0 Å². The van der Waals surface area contributed by atoms with Crippen molar-refractivity contribution in [3.05, 3.63) is 12.7 Å². The molecular formula is C8H14O. The van der Waals surface area contributed by atoms with Crippen molar-refractivity contribution < 1.29 is 5.11 Å². The van der Waals surface area contributed by atoms with E-state index in [4.69, 9.17) is 5.11 Å². The first-order valence-corrected chi connectivity index (χ1v) is 3.63. The zero-order valence-electron chi connectivity index (χ0n) is 5.71. The third-order valence-electron chi connectivity index (χ3n) is 1.87. The minimum atomic E-state index is 0.0369. The van der Waals surface area contributed by atoms with E-state index in [1.807, 2.05) is 6.08 Å². The van der Waals surface area contributed by atoms with Crippen molar-refractivity contribution in [1.82, 2.24) is 0 Å². The maximum absolute atomic E-state index is 8.90. The molecule has 0 aromatic carbocycles. The highest BCUT2D eigenvalue weighted by Crippen LogP contribution is 2.34. The van der Waals surface area contributed by atoms with Gasteiger partial charge in [0.05, 0.1) is 6.10 Å². The molecule has 2 atom stereocenters. The van der Waals surface area contributed by atoms with Gasteiger partial charge in [0.15, 0.2) is 0 Å². The van der Waals surface area contributed by atoms with E-state index in [-0.39, 0.29) is 6.10 Å². The van der Waals surface area contributed by atoms with E-state index in [2.05, 4.69) is 6.58 Å². The van der Waals surface area contributed by atoms with Gasteiger partial charge in [-0.1, -0.05) is 6.08 Å². The molecule has 0 radical (unpaired) electrons. The average molecular weight is 126 g/mol. The molecule has 0 bridgehead atoms. The van der Waals surface area contributed by atoms with Crippen molar-refractivity contribution in [2.75, 3.05) is 0 Å². The minimum absolute atomic E-state index is 0.0369. The monoisotopic (exact) mass is 126 g/mol. The molecule has 0 aromatic rings. The molecule has 1 nitrogen and oxygen atoms in total. The smallest absolute Gasteiger partial charge is 0.0573 e. The third-order valence-corrected chi connectivity index (χ3v) is 1.87.